The summed E-state index contributed by atoms with van der Waals surface area (Å²) in [5.74, 6) is -0.118. The van der Waals surface area contributed by atoms with Gasteiger partial charge in [-0.25, -0.2) is 0 Å². The van der Waals surface area contributed by atoms with Crippen LogP contribution in [-0.2, 0) is 16.0 Å². The van der Waals surface area contributed by atoms with E-state index in [-0.39, 0.29) is 30.3 Å². The third kappa shape index (κ3) is 3.67. The number of carbonyl (C=O) groups is 2. The maximum absolute atomic E-state index is 12.3. The molecule has 0 saturated carbocycles. The van der Waals surface area contributed by atoms with Crippen LogP contribution in [0.15, 0.2) is 24.5 Å². The number of nitrogens with zero attached hydrogens (tertiary/aromatic N) is 2. The molecule has 2 heterocycles. The Kier molecular flexibility index (Phi) is 5.44. The van der Waals surface area contributed by atoms with Gasteiger partial charge in [-0.1, -0.05) is 19.9 Å². The van der Waals surface area contributed by atoms with Gasteiger partial charge in [-0.2, -0.15) is 0 Å². The Morgan fingerprint density at radius 2 is 2.14 bits per heavy atom. The van der Waals surface area contributed by atoms with Gasteiger partial charge in [-0.15, -0.1) is 0 Å². The Morgan fingerprint density at radius 3 is 2.76 bits per heavy atom. The minimum absolute atomic E-state index is 0.0372. The predicted molar refractivity (Wildman–Crippen MR) is 80.6 cm³/mol. The summed E-state index contributed by atoms with van der Waals surface area (Å²) in [7, 11) is 0. The van der Waals surface area contributed by atoms with Crippen LogP contribution in [0, 0.1) is 0 Å². The minimum atomic E-state index is -0.366. The summed E-state index contributed by atoms with van der Waals surface area (Å²) in [4.78, 5) is 29.9. The number of nitrogens with one attached hydrogen (secondary N) is 1. The van der Waals surface area contributed by atoms with E-state index in [0.29, 0.717) is 6.54 Å². The van der Waals surface area contributed by atoms with Gasteiger partial charge in [-0.3, -0.25) is 19.5 Å². The van der Waals surface area contributed by atoms with E-state index in [2.05, 4.69) is 10.3 Å². The zero-order valence-electron chi connectivity index (χ0n) is 12.7. The van der Waals surface area contributed by atoms with Crippen LogP contribution in [0.4, 0.5) is 0 Å². The lowest BCUT2D eigenvalue weighted by atomic mass is 10.1. The highest BCUT2D eigenvalue weighted by molar-refractivity contribution is 6.05. The van der Waals surface area contributed by atoms with Gasteiger partial charge in [-0.05, 0) is 37.4 Å². The molecule has 1 atom stereocenters. The quantitative estimate of drug-likeness (QED) is 0.773. The van der Waals surface area contributed by atoms with Crippen LogP contribution in [-0.4, -0.2) is 40.3 Å². The predicted octanol–water partition coefficient (Wildman–Crippen LogP) is 1.53. The summed E-state index contributed by atoms with van der Waals surface area (Å²) in [6.45, 7) is 4.70. The van der Waals surface area contributed by atoms with E-state index in [9.17, 15) is 9.59 Å². The van der Waals surface area contributed by atoms with Crippen LogP contribution in [0.1, 0.15) is 38.7 Å². The molecule has 5 heteroatoms. The summed E-state index contributed by atoms with van der Waals surface area (Å²) < 4.78 is 0. The van der Waals surface area contributed by atoms with Crippen molar-refractivity contribution in [1.82, 2.24) is 15.2 Å². The molecular weight excluding hydrogens is 266 g/mol. The molecule has 2 rings (SSSR count). The minimum Gasteiger partial charge on any atom is -0.305 e. The van der Waals surface area contributed by atoms with Crippen LogP contribution < -0.4 is 5.32 Å². The molecule has 1 aromatic heterocycles. The van der Waals surface area contributed by atoms with Crippen molar-refractivity contribution in [3.05, 3.63) is 30.1 Å². The van der Waals surface area contributed by atoms with E-state index in [1.54, 1.807) is 6.20 Å². The number of rotatable bonds is 7. The Balaban J connectivity index is 1.88. The van der Waals surface area contributed by atoms with Crippen LogP contribution in [0.5, 0.6) is 0 Å². The molecule has 1 aromatic rings. The average molecular weight is 289 g/mol. The topological polar surface area (TPSA) is 62.3 Å². The first-order valence-electron chi connectivity index (χ1n) is 7.65. The van der Waals surface area contributed by atoms with E-state index in [1.165, 1.54) is 4.90 Å². The maximum Gasteiger partial charge on any atom is 0.247 e. The van der Waals surface area contributed by atoms with Crippen LogP contribution in [0.3, 0.4) is 0 Å². The fraction of sp³-hybridized carbons (Fsp3) is 0.562. The van der Waals surface area contributed by atoms with E-state index >= 15 is 0 Å². The Morgan fingerprint density at radius 1 is 1.38 bits per heavy atom. The maximum atomic E-state index is 12.3. The van der Waals surface area contributed by atoms with Crippen molar-refractivity contribution in [1.29, 1.82) is 0 Å². The van der Waals surface area contributed by atoms with Crippen molar-refractivity contribution >= 4 is 11.8 Å². The van der Waals surface area contributed by atoms with Gasteiger partial charge < -0.3 is 5.32 Å². The van der Waals surface area contributed by atoms with Crippen LogP contribution in [0.2, 0.25) is 0 Å². The fourth-order valence-corrected chi connectivity index (χ4v) is 2.78. The Bertz CT molecular complexity index is 486. The largest absolute Gasteiger partial charge is 0.305 e. The molecule has 1 unspecified atom stereocenters. The van der Waals surface area contributed by atoms with E-state index in [4.69, 9.17) is 0 Å². The van der Waals surface area contributed by atoms with Crippen LogP contribution in [0.25, 0.3) is 0 Å². The van der Waals surface area contributed by atoms with Crippen molar-refractivity contribution in [2.24, 2.45) is 0 Å². The molecule has 1 fully saturated rings. The highest BCUT2D eigenvalue weighted by Crippen LogP contribution is 2.20. The van der Waals surface area contributed by atoms with Gasteiger partial charge in [0.1, 0.15) is 0 Å². The smallest absolute Gasteiger partial charge is 0.247 e. The molecule has 21 heavy (non-hydrogen) atoms. The lowest BCUT2D eigenvalue weighted by Crippen LogP contribution is -2.44. The molecule has 0 spiro atoms. The third-order valence-corrected chi connectivity index (χ3v) is 4.02. The number of hydrogen-bond donors (Lipinski definition) is 1. The summed E-state index contributed by atoms with van der Waals surface area (Å²) in [6, 6.07) is 3.58. The fourth-order valence-electron chi connectivity index (χ4n) is 2.78. The third-order valence-electron chi connectivity index (χ3n) is 4.02. The van der Waals surface area contributed by atoms with Gasteiger partial charge >= 0.3 is 0 Å². The van der Waals surface area contributed by atoms with Gasteiger partial charge in [0.25, 0.3) is 0 Å². The number of pyridine rings is 1. The van der Waals surface area contributed by atoms with E-state index in [0.717, 1.165) is 24.8 Å². The molecule has 2 amide bonds. The Hall–Kier alpha value is -1.75. The molecule has 0 bridgehead atoms. The molecule has 1 aliphatic rings. The highest BCUT2D eigenvalue weighted by atomic mass is 16.2. The standard InChI is InChI=1S/C16H23N3O2/c1-3-13(4-2)19-15(20)10-14(16(19)21)18-9-7-12-6-5-8-17-11-12/h5-6,8,11,13-14,18H,3-4,7,9-10H2,1-2H3. The number of aromatic nitrogens is 1. The molecule has 114 valence electrons. The van der Waals surface area contributed by atoms with Gasteiger partial charge in [0, 0.05) is 18.4 Å². The first-order chi connectivity index (χ1) is 10.2. The van der Waals surface area contributed by atoms with Crippen molar-refractivity contribution in [3.8, 4) is 0 Å². The first-order valence-corrected chi connectivity index (χ1v) is 7.65. The zero-order valence-corrected chi connectivity index (χ0v) is 12.7. The highest BCUT2D eigenvalue weighted by Gasteiger charge is 2.40. The number of likely N-dealkylation sites (tertiary alicyclic amines) is 1. The molecular formula is C16H23N3O2. The molecule has 1 N–H and O–H groups in total. The summed E-state index contributed by atoms with van der Waals surface area (Å²) in [5.41, 5.74) is 1.12. The second-order valence-corrected chi connectivity index (χ2v) is 5.39. The normalized spacial score (nSPS) is 18.8. The second kappa shape index (κ2) is 7.31. The lowest BCUT2D eigenvalue weighted by Gasteiger charge is -2.24. The average Bonchev–Trinajstić information content (AvgIpc) is 2.78. The van der Waals surface area contributed by atoms with Gasteiger partial charge in [0.05, 0.1) is 12.5 Å². The molecule has 0 aromatic carbocycles. The molecule has 5 nitrogen and oxygen atoms in total. The van der Waals surface area contributed by atoms with Crippen molar-refractivity contribution in [2.45, 2.75) is 51.6 Å². The van der Waals surface area contributed by atoms with Crippen LogP contribution >= 0.6 is 0 Å². The summed E-state index contributed by atoms with van der Waals surface area (Å²) in [5, 5.41) is 3.20. The van der Waals surface area contributed by atoms with Crippen molar-refractivity contribution in [2.75, 3.05) is 6.54 Å². The monoisotopic (exact) mass is 289 g/mol. The van der Waals surface area contributed by atoms with Gasteiger partial charge in [0.2, 0.25) is 11.8 Å². The summed E-state index contributed by atoms with van der Waals surface area (Å²) in [6.07, 6.45) is 6.27. The SMILES string of the molecule is CCC(CC)N1C(=O)CC(NCCc2cccnc2)C1=O. The van der Waals surface area contributed by atoms with E-state index < -0.39 is 0 Å². The number of hydrogen-bond acceptors (Lipinski definition) is 4. The van der Waals surface area contributed by atoms with Crippen molar-refractivity contribution < 1.29 is 9.59 Å². The number of amides is 2. The molecule has 0 radical (unpaired) electrons. The number of carbonyl (C=O) groups excluding carboxylic acids is 2. The summed E-state index contributed by atoms with van der Waals surface area (Å²) >= 11 is 0. The molecule has 1 aliphatic heterocycles. The van der Waals surface area contributed by atoms with E-state index in [1.807, 2.05) is 32.2 Å². The first kappa shape index (κ1) is 15.6. The second-order valence-electron chi connectivity index (χ2n) is 5.39. The Labute approximate surface area is 125 Å². The molecule has 0 aliphatic carbocycles. The van der Waals surface area contributed by atoms with Crippen molar-refractivity contribution in [3.63, 3.8) is 0 Å². The lowest BCUT2D eigenvalue weighted by molar-refractivity contribution is -0.141. The molecule has 1 saturated heterocycles. The zero-order chi connectivity index (χ0) is 15.2. The van der Waals surface area contributed by atoms with Gasteiger partial charge in [0.15, 0.2) is 0 Å². The number of imide groups is 1.